The zero-order chi connectivity index (χ0) is 10.6. The minimum atomic E-state index is -0.590. The normalized spacial score (nSPS) is 8.79. The van der Waals surface area contributed by atoms with Crippen LogP contribution in [0.25, 0.3) is 0 Å². The first-order valence-electron chi connectivity index (χ1n) is 4.04. The van der Waals surface area contributed by atoms with Gasteiger partial charge in [-0.1, -0.05) is 0 Å². The van der Waals surface area contributed by atoms with Gasteiger partial charge in [0.2, 0.25) is 5.82 Å². The highest BCUT2D eigenvalue weighted by Gasteiger charge is 1.96. The smallest absolute Gasteiger partial charge is 0.384 e. The van der Waals surface area contributed by atoms with Crippen LogP contribution in [-0.2, 0) is 9.53 Å². The van der Waals surface area contributed by atoms with E-state index in [0.717, 1.165) is 11.4 Å². The fourth-order valence-corrected chi connectivity index (χ4v) is 0.940. The number of esters is 1. The van der Waals surface area contributed by atoms with Crippen LogP contribution in [0.15, 0.2) is 6.07 Å². The maximum Gasteiger partial charge on any atom is 0.384 e. The average molecular weight is 190 g/mol. The van der Waals surface area contributed by atoms with Gasteiger partial charge in [-0.15, -0.1) is 0 Å². The molecule has 0 spiro atoms. The Balaban J connectivity index is 2.95. The number of methoxy groups -OCH3 is 1. The topological polar surface area (TPSA) is 52.1 Å². The summed E-state index contributed by atoms with van der Waals surface area (Å²) in [5.74, 6) is 4.55. The van der Waals surface area contributed by atoms with E-state index in [9.17, 15) is 4.79 Å². The Morgan fingerprint density at radius 1 is 1.36 bits per heavy atom. The molecule has 0 amide bonds. The largest absolute Gasteiger partial charge is 0.459 e. The van der Waals surface area contributed by atoms with Gasteiger partial charge in [-0.25, -0.2) is 14.8 Å². The van der Waals surface area contributed by atoms with E-state index in [0.29, 0.717) is 5.82 Å². The van der Waals surface area contributed by atoms with Crippen molar-refractivity contribution < 1.29 is 9.53 Å². The lowest BCUT2D eigenvalue weighted by Gasteiger charge is -1.95. The Kier molecular flexibility index (Phi) is 3.19. The standard InChI is InChI=1S/C10H10N2O2/c1-7-6-8(2)12-9(11-7)4-5-10(13)14-3/h6H,1-3H3. The zero-order valence-corrected chi connectivity index (χ0v) is 8.29. The Hall–Kier alpha value is -1.89. The van der Waals surface area contributed by atoms with Crippen molar-refractivity contribution in [2.45, 2.75) is 13.8 Å². The van der Waals surface area contributed by atoms with E-state index in [-0.39, 0.29) is 0 Å². The first kappa shape index (κ1) is 10.2. The third kappa shape index (κ3) is 2.87. The van der Waals surface area contributed by atoms with Gasteiger partial charge in [-0.3, -0.25) is 0 Å². The molecule has 0 aliphatic rings. The van der Waals surface area contributed by atoms with Gasteiger partial charge >= 0.3 is 5.97 Å². The van der Waals surface area contributed by atoms with E-state index < -0.39 is 5.97 Å². The van der Waals surface area contributed by atoms with Crippen molar-refractivity contribution in [3.8, 4) is 11.8 Å². The molecule has 0 aliphatic carbocycles. The molecule has 14 heavy (non-hydrogen) atoms. The summed E-state index contributed by atoms with van der Waals surface area (Å²) < 4.78 is 4.36. The lowest BCUT2D eigenvalue weighted by Crippen LogP contribution is -1.97. The molecule has 0 N–H and O–H groups in total. The molecular formula is C10H10N2O2. The molecule has 72 valence electrons. The minimum absolute atomic E-state index is 0.341. The van der Waals surface area contributed by atoms with Crippen LogP contribution in [0.4, 0.5) is 0 Å². The summed E-state index contributed by atoms with van der Waals surface area (Å²) in [6.07, 6.45) is 0. The number of carbonyl (C=O) groups excluding carboxylic acids is 1. The second-order valence-corrected chi connectivity index (χ2v) is 2.72. The molecule has 4 heteroatoms. The summed E-state index contributed by atoms with van der Waals surface area (Å²) in [6, 6.07) is 1.84. The first-order valence-corrected chi connectivity index (χ1v) is 4.04. The van der Waals surface area contributed by atoms with Gasteiger partial charge in [0.25, 0.3) is 0 Å². The van der Waals surface area contributed by atoms with Crippen LogP contribution < -0.4 is 0 Å². The van der Waals surface area contributed by atoms with Crippen LogP contribution in [0.2, 0.25) is 0 Å². The van der Waals surface area contributed by atoms with Crippen LogP contribution in [0.3, 0.4) is 0 Å². The van der Waals surface area contributed by atoms with Crippen molar-refractivity contribution in [1.82, 2.24) is 9.97 Å². The summed E-state index contributed by atoms with van der Waals surface area (Å²) in [5, 5.41) is 0. The lowest BCUT2D eigenvalue weighted by atomic mass is 10.3. The Morgan fingerprint density at radius 3 is 2.43 bits per heavy atom. The summed E-state index contributed by atoms with van der Waals surface area (Å²) in [7, 11) is 1.28. The average Bonchev–Trinajstić information content (AvgIpc) is 2.12. The highest BCUT2D eigenvalue weighted by molar-refractivity contribution is 5.88. The lowest BCUT2D eigenvalue weighted by molar-refractivity contribution is -0.133. The molecular weight excluding hydrogens is 180 g/mol. The van der Waals surface area contributed by atoms with E-state index >= 15 is 0 Å². The molecule has 1 rings (SSSR count). The molecule has 0 saturated carbocycles. The molecule has 4 nitrogen and oxygen atoms in total. The number of rotatable bonds is 0. The molecule has 1 heterocycles. The van der Waals surface area contributed by atoms with Crippen molar-refractivity contribution in [3.05, 3.63) is 23.3 Å². The highest BCUT2D eigenvalue weighted by Crippen LogP contribution is 1.97. The second-order valence-electron chi connectivity index (χ2n) is 2.72. The van der Waals surface area contributed by atoms with Crippen LogP contribution >= 0.6 is 0 Å². The Labute approximate surface area is 82.3 Å². The van der Waals surface area contributed by atoms with Gasteiger partial charge < -0.3 is 4.74 Å². The number of aryl methyl sites for hydroxylation is 2. The predicted molar refractivity (Wildman–Crippen MR) is 50.4 cm³/mol. The predicted octanol–water partition coefficient (Wildman–Crippen LogP) is 0.618. The molecule has 1 aromatic heterocycles. The summed E-state index contributed by atoms with van der Waals surface area (Å²) in [4.78, 5) is 18.8. The summed E-state index contributed by atoms with van der Waals surface area (Å²) in [5.41, 5.74) is 1.65. The number of hydrogen-bond acceptors (Lipinski definition) is 4. The molecule has 0 radical (unpaired) electrons. The SMILES string of the molecule is COC(=O)C#Cc1nc(C)cc(C)n1. The number of aromatic nitrogens is 2. The third-order valence-electron chi connectivity index (χ3n) is 1.44. The first-order chi connectivity index (χ1) is 6.61. The fraction of sp³-hybridized carbons (Fsp3) is 0.300. The summed E-state index contributed by atoms with van der Waals surface area (Å²) >= 11 is 0. The van der Waals surface area contributed by atoms with Crippen molar-refractivity contribution in [2.24, 2.45) is 0 Å². The number of carbonyl (C=O) groups is 1. The van der Waals surface area contributed by atoms with Crippen LogP contribution in [0.1, 0.15) is 17.2 Å². The minimum Gasteiger partial charge on any atom is -0.459 e. The quantitative estimate of drug-likeness (QED) is 0.444. The van der Waals surface area contributed by atoms with Gasteiger partial charge in [0.1, 0.15) is 0 Å². The van der Waals surface area contributed by atoms with Gasteiger partial charge in [-0.05, 0) is 25.8 Å². The molecule has 0 bridgehead atoms. The van der Waals surface area contributed by atoms with Crippen LogP contribution in [0.5, 0.6) is 0 Å². The van der Waals surface area contributed by atoms with E-state index in [1.54, 1.807) is 0 Å². The fourth-order valence-electron chi connectivity index (χ4n) is 0.940. The van der Waals surface area contributed by atoms with Gasteiger partial charge in [-0.2, -0.15) is 0 Å². The highest BCUT2D eigenvalue weighted by atomic mass is 16.5. The van der Waals surface area contributed by atoms with E-state index in [1.807, 2.05) is 19.9 Å². The Morgan fingerprint density at radius 2 is 1.93 bits per heavy atom. The van der Waals surface area contributed by atoms with E-state index in [2.05, 4.69) is 26.5 Å². The van der Waals surface area contributed by atoms with Gasteiger partial charge in [0.15, 0.2) is 0 Å². The number of ether oxygens (including phenoxy) is 1. The van der Waals surface area contributed by atoms with Crippen LogP contribution in [0, 0.1) is 25.7 Å². The summed E-state index contributed by atoms with van der Waals surface area (Å²) in [6.45, 7) is 3.69. The van der Waals surface area contributed by atoms with E-state index in [4.69, 9.17) is 0 Å². The van der Waals surface area contributed by atoms with Crippen molar-refractivity contribution in [2.75, 3.05) is 7.11 Å². The number of hydrogen-bond donors (Lipinski definition) is 0. The number of nitrogens with zero attached hydrogens (tertiary/aromatic N) is 2. The molecule has 0 fully saturated rings. The van der Waals surface area contributed by atoms with E-state index in [1.165, 1.54) is 7.11 Å². The molecule has 0 atom stereocenters. The molecule has 0 unspecified atom stereocenters. The van der Waals surface area contributed by atoms with Gasteiger partial charge in [0.05, 0.1) is 7.11 Å². The molecule has 0 aliphatic heterocycles. The zero-order valence-electron chi connectivity index (χ0n) is 8.29. The van der Waals surface area contributed by atoms with Crippen molar-refractivity contribution in [1.29, 1.82) is 0 Å². The van der Waals surface area contributed by atoms with Crippen LogP contribution in [-0.4, -0.2) is 23.0 Å². The molecule has 0 aromatic carbocycles. The van der Waals surface area contributed by atoms with Gasteiger partial charge in [0, 0.05) is 17.3 Å². The van der Waals surface area contributed by atoms with Crippen molar-refractivity contribution in [3.63, 3.8) is 0 Å². The molecule has 0 saturated heterocycles. The third-order valence-corrected chi connectivity index (χ3v) is 1.44. The maximum atomic E-state index is 10.7. The Bertz CT molecular complexity index is 396. The molecule has 1 aromatic rings. The second kappa shape index (κ2) is 4.38. The monoisotopic (exact) mass is 190 g/mol. The van der Waals surface area contributed by atoms with Crippen molar-refractivity contribution >= 4 is 5.97 Å². The maximum absolute atomic E-state index is 10.7.